The van der Waals surface area contributed by atoms with Crippen LogP contribution >= 0.6 is 22.7 Å². The highest BCUT2D eigenvalue weighted by atomic mass is 32.1. The number of aromatic nitrogens is 1. The van der Waals surface area contributed by atoms with Gasteiger partial charge < -0.3 is 9.64 Å². The van der Waals surface area contributed by atoms with E-state index in [1.807, 2.05) is 17.5 Å². The fourth-order valence-corrected chi connectivity index (χ4v) is 3.16. The highest BCUT2D eigenvalue weighted by molar-refractivity contribution is 7.20. The molecule has 0 spiro atoms. The third-order valence-electron chi connectivity index (χ3n) is 2.47. The molecule has 0 bridgehead atoms. The van der Waals surface area contributed by atoms with Crippen molar-refractivity contribution in [3.63, 3.8) is 0 Å². The molecule has 0 N–H and O–H groups in total. The Morgan fingerprint density at radius 1 is 1.40 bits per heavy atom. The third kappa shape index (κ3) is 3.43. The van der Waals surface area contributed by atoms with Gasteiger partial charge in [0.05, 0.1) is 11.5 Å². The molecule has 0 saturated carbocycles. The lowest BCUT2D eigenvalue weighted by Crippen LogP contribution is -2.33. The van der Waals surface area contributed by atoms with Gasteiger partial charge >= 0.3 is 5.97 Å². The molecule has 0 fully saturated rings. The molecule has 0 aromatic carbocycles. The molecule has 0 aliphatic rings. The highest BCUT2D eigenvalue weighted by Gasteiger charge is 2.18. The Kier molecular flexibility index (Phi) is 4.86. The summed E-state index contributed by atoms with van der Waals surface area (Å²) in [4.78, 5) is 30.1. The quantitative estimate of drug-likeness (QED) is 0.796. The second kappa shape index (κ2) is 6.62. The summed E-state index contributed by atoms with van der Waals surface area (Å²) in [5.41, 5.74) is 0.352. The molecule has 2 aromatic heterocycles. The normalized spacial score (nSPS) is 10.3. The Morgan fingerprint density at radius 2 is 2.20 bits per heavy atom. The first kappa shape index (κ1) is 14.7. The number of ether oxygens (including phenoxy) is 1. The summed E-state index contributed by atoms with van der Waals surface area (Å²) in [6.07, 6.45) is 0. The van der Waals surface area contributed by atoms with Crippen LogP contribution in [0.3, 0.4) is 0 Å². The average molecular weight is 310 g/mol. The lowest BCUT2D eigenvalue weighted by molar-refractivity contribution is -0.143. The molecule has 1 amide bonds. The zero-order valence-corrected chi connectivity index (χ0v) is 12.8. The van der Waals surface area contributed by atoms with Gasteiger partial charge in [-0.05, 0) is 18.4 Å². The maximum Gasteiger partial charge on any atom is 0.325 e. The van der Waals surface area contributed by atoms with Crippen molar-refractivity contribution in [1.82, 2.24) is 9.88 Å². The molecule has 2 aromatic rings. The van der Waals surface area contributed by atoms with Gasteiger partial charge in [-0.2, -0.15) is 0 Å². The standard InChI is InChI=1S/C13H14N2O3S2/c1-3-18-11(16)7-15(2)13(17)9-8-20-12(14-9)10-5-4-6-19-10/h4-6,8H,3,7H2,1-2H3. The maximum atomic E-state index is 12.1. The first-order valence-corrected chi connectivity index (χ1v) is 7.78. The molecule has 20 heavy (non-hydrogen) atoms. The van der Waals surface area contributed by atoms with E-state index in [-0.39, 0.29) is 12.5 Å². The van der Waals surface area contributed by atoms with E-state index in [4.69, 9.17) is 4.74 Å². The van der Waals surface area contributed by atoms with Crippen molar-refractivity contribution < 1.29 is 14.3 Å². The third-order valence-corrected chi connectivity index (χ3v) is 4.35. The van der Waals surface area contributed by atoms with Crippen LogP contribution in [0.2, 0.25) is 0 Å². The number of carbonyl (C=O) groups excluding carboxylic acids is 2. The predicted molar refractivity (Wildman–Crippen MR) is 79.0 cm³/mol. The Balaban J connectivity index is 2.04. The van der Waals surface area contributed by atoms with Crippen LogP contribution in [0.1, 0.15) is 17.4 Å². The fourth-order valence-electron chi connectivity index (χ4n) is 1.55. The molecule has 0 atom stereocenters. The van der Waals surface area contributed by atoms with Crippen LogP contribution in [-0.4, -0.2) is 42.0 Å². The van der Waals surface area contributed by atoms with E-state index in [0.29, 0.717) is 12.3 Å². The molecule has 2 heterocycles. The molecule has 0 radical (unpaired) electrons. The Morgan fingerprint density at radius 3 is 2.85 bits per heavy atom. The molecule has 106 valence electrons. The summed E-state index contributed by atoms with van der Waals surface area (Å²) >= 11 is 2.99. The lowest BCUT2D eigenvalue weighted by Gasteiger charge is -2.14. The largest absolute Gasteiger partial charge is 0.465 e. The van der Waals surface area contributed by atoms with Gasteiger partial charge in [-0.15, -0.1) is 22.7 Å². The minimum absolute atomic E-state index is 0.0709. The molecular formula is C13H14N2O3S2. The summed E-state index contributed by atoms with van der Waals surface area (Å²) in [5, 5.41) is 4.48. The zero-order chi connectivity index (χ0) is 14.5. The van der Waals surface area contributed by atoms with Crippen molar-refractivity contribution in [1.29, 1.82) is 0 Å². The van der Waals surface area contributed by atoms with Gasteiger partial charge in [-0.3, -0.25) is 9.59 Å². The molecular weight excluding hydrogens is 296 g/mol. The van der Waals surface area contributed by atoms with Crippen LogP contribution in [0.4, 0.5) is 0 Å². The average Bonchev–Trinajstić information content (AvgIpc) is 3.08. The van der Waals surface area contributed by atoms with E-state index in [2.05, 4.69) is 4.98 Å². The van der Waals surface area contributed by atoms with Gasteiger partial charge in [0.2, 0.25) is 0 Å². The molecule has 2 rings (SSSR count). The maximum absolute atomic E-state index is 12.1. The number of carbonyl (C=O) groups is 2. The van der Waals surface area contributed by atoms with Crippen LogP contribution in [0, 0.1) is 0 Å². The first-order chi connectivity index (χ1) is 9.61. The van der Waals surface area contributed by atoms with E-state index in [9.17, 15) is 9.59 Å². The second-order valence-corrected chi connectivity index (χ2v) is 5.79. The monoisotopic (exact) mass is 310 g/mol. The number of thiazole rings is 1. The fraction of sp³-hybridized carbons (Fsp3) is 0.308. The molecule has 0 unspecified atom stereocenters. The number of thiophene rings is 1. The number of nitrogens with zero attached hydrogens (tertiary/aromatic N) is 2. The minimum Gasteiger partial charge on any atom is -0.465 e. The summed E-state index contributed by atoms with van der Waals surface area (Å²) in [6, 6.07) is 3.90. The van der Waals surface area contributed by atoms with Crippen LogP contribution in [-0.2, 0) is 9.53 Å². The Labute approximate surface area is 124 Å². The molecule has 0 aliphatic carbocycles. The highest BCUT2D eigenvalue weighted by Crippen LogP contribution is 2.28. The predicted octanol–water partition coefficient (Wildman–Crippen LogP) is 2.51. The number of hydrogen-bond donors (Lipinski definition) is 0. The van der Waals surface area contributed by atoms with Crippen molar-refractivity contribution in [2.75, 3.05) is 20.2 Å². The Hall–Kier alpha value is -1.73. The number of amides is 1. The SMILES string of the molecule is CCOC(=O)CN(C)C(=O)c1csc(-c2cccs2)n1. The van der Waals surface area contributed by atoms with Gasteiger partial charge in [-0.1, -0.05) is 6.07 Å². The van der Waals surface area contributed by atoms with Gasteiger partial charge in [0.1, 0.15) is 17.2 Å². The van der Waals surface area contributed by atoms with E-state index >= 15 is 0 Å². The number of rotatable bonds is 5. The second-order valence-electron chi connectivity index (χ2n) is 3.98. The van der Waals surface area contributed by atoms with Gasteiger partial charge in [0.15, 0.2) is 0 Å². The van der Waals surface area contributed by atoms with Crippen molar-refractivity contribution >= 4 is 34.6 Å². The molecule has 7 heteroatoms. The van der Waals surface area contributed by atoms with Gasteiger partial charge in [-0.25, -0.2) is 4.98 Å². The van der Waals surface area contributed by atoms with E-state index < -0.39 is 5.97 Å². The van der Waals surface area contributed by atoms with Gasteiger partial charge in [0.25, 0.3) is 5.91 Å². The van der Waals surface area contributed by atoms with Crippen molar-refractivity contribution in [3.05, 3.63) is 28.6 Å². The van der Waals surface area contributed by atoms with E-state index in [1.165, 1.54) is 16.2 Å². The smallest absolute Gasteiger partial charge is 0.325 e. The van der Waals surface area contributed by atoms with Crippen molar-refractivity contribution in [2.24, 2.45) is 0 Å². The number of esters is 1. The number of likely N-dealkylation sites (N-methyl/N-ethyl adjacent to an activating group) is 1. The van der Waals surface area contributed by atoms with Crippen LogP contribution < -0.4 is 0 Å². The Bertz CT molecular complexity index is 593. The van der Waals surface area contributed by atoms with Gasteiger partial charge in [0, 0.05) is 12.4 Å². The summed E-state index contributed by atoms with van der Waals surface area (Å²) in [7, 11) is 1.56. The van der Waals surface area contributed by atoms with Crippen LogP contribution in [0.15, 0.2) is 22.9 Å². The lowest BCUT2D eigenvalue weighted by atomic mass is 10.4. The molecule has 5 nitrogen and oxygen atoms in total. The zero-order valence-electron chi connectivity index (χ0n) is 11.2. The molecule has 0 saturated heterocycles. The van der Waals surface area contributed by atoms with E-state index in [1.54, 1.807) is 30.7 Å². The number of hydrogen-bond acceptors (Lipinski definition) is 6. The first-order valence-electron chi connectivity index (χ1n) is 6.02. The summed E-state index contributed by atoms with van der Waals surface area (Å²) in [6.45, 7) is 1.96. The summed E-state index contributed by atoms with van der Waals surface area (Å²) < 4.78 is 4.81. The van der Waals surface area contributed by atoms with Crippen LogP contribution in [0.5, 0.6) is 0 Å². The molecule has 0 aliphatic heterocycles. The van der Waals surface area contributed by atoms with E-state index in [0.717, 1.165) is 9.88 Å². The van der Waals surface area contributed by atoms with Crippen molar-refractivity contribution in [2.45, 2.75) is 6.92 Å². The topological polar surface area (TPSA) is 59.5 Å². The van der Waals surface area contributed by atoms with Crippen molar-refractivity contribution in [3.8, 4) is 9.88 Å². The minimum atomic E-state index is -0.419. The van der Waals surface area contributed by atoms with Crippen LogP contribution in [0.25, 0.3) is 9.88 Å². The summed E-state index contributed by atoms with van der Waals surface area (Å²) in [5.74, 6) is -0.700.